The van der Waals surface area contributed by atoms with Crippen LogP contribution in [0.25, 0.3) is 0 Å². The Morgan fingerprint density at radius 2 is 1.56 bits per heavy atom. The first kappa shape index (κ1) is 13.2. The smallest absolute Gasteiger partial charge is 0.0294 e. The lowest BCUT2D eigenvalue weighted by Crippen LogP contribution is -2.09. The number of hydrogen-bond donors (Lipinski definition) is 1. The molecule has 1 heteroatoms. The fraction of sp³-hybridized carbons (Fsp3) is 0.600. The first-order valence-electron chi connectivity index (χ1n) is 6.50. The molecule has 2 N–H and O–H groups in total. The summed E-state index contributed by atoms with van der Waals surface area (Å²) in [5.41, 5.74) is 7.41. The maximum atomic E-state index is 6.14. The largest absolute Gasteiger partial charge is 0.324 e. The highest BCUT2D eigenvalue weighted by atomic mass is 14.6. The van der Waals surface area contributed by atoms with Crippen LogP contribution in [-0.4, -0.2) is 0 Å². The van der Waals surface area contributed by atoms with E-state index in [0.29, 0.717) is 0 Å². The van der Waals surface area contributed by atoms with Crippen LogP contribution in [0, 0.1) is 5.92 Å². The Morgan fingerprint density at radius 3 is 2.19 bits per heavy atom. The summed E-state index contributed by atoms with van der Waals surface area (Å²) in [5.74, 6) is 0.836. The van der Waals surface area contributed by atoms with Crippen molar-refractivity contribution < 1.29 is 0 Å². The molecule has 0 aromatic heterocycles. The van der Waals surface area contributed by atoms with Gasteiger partial charge in [0.25, 0.3) is 0 Å². The minimum atomic E-state index is 0.222. The molecule has 0 spiro atoms. The molecule has 0 fully saturated rings. The van der Waals surface area contributed by atoms with Gasteiger partial charge in [0.2, 0.25) is 0 Å². The van der Waals surface area contributed by atoms with Crippen molar-refractivity contribution in [1.29, 1.82) is 0 Å². The molecule has 0 saturated heterocycles. The van der Waals surface area contributed by atoms with Gasteiger partial charge >= 0.3 is 0 Å². The molecule has 1 unspecified atom stereocenters. The highest BCUT2D eigenvalue weighted by Gasteiger charge is 2.04. The van der Waals surface area contributed by atoms with Gasteiger partial charge in [-0.1, -0.05) is 69.9 Å². The SMILES string of the molecule is CC(C)CCCCCC(N)c1ccccc1. The third kappa shape index (κ3) is 5.32. The molecule has 0 heterocycles. The maximum Gasteiger partial charge on any atom is 0.0294 e. The van der Waals surface area contributed by atoms with E-state index in [0.717, 1.165) is 12.3 Å². The highest BCUT2D eigenvalue weighted by Crippen LogP contribution is 2.18. The molecule has 0 aliphatic heterocycles. The molecule has 0 aliphatic rings. The van der Waals surface area contributed by atoms with Crippen molar-refractivity contribution in [1.82, 2.24) is 0 Å². The Labute approximate surface area is 100 Å². The summed E-state index contributed by atoms with van der Waals surface area (Å²) in [4.78, 5) is 0. The molecule has 1 nitrogen and oxygen atoms in total. The monoisotopic (exact) mass is 219 g/mol. The van der Waals surface area contributed by atoms with E-state index in [1.165, 1.54) is 31.2 Å². The predicted octanol–water partition coefficient (Wildman–Crippen LogP) is 4.29. The zero-order chi connectivity index (χ0) is 11.8. The van der Waals surface area contributed by atoms with Gasteiger partial charge in [-0.25, -0.2) is 0 Å². The van der Waals surface area contributed by atoms with E-state index in [9.17, 15) is 0 Å². The molecule has 0 radical (unpaired) electrons. The fourth-order valence-electron chi connectivity index (χ4n) is 1.96. The summed E-state index contributed by atoms with van der Waals surface area (Å²) in [5, 5.41) is 0. The zero-order valence-electron chi connectivity index (χ0n) is 10.7. The standard InChI is InChI=1S/C15H25N/c1-13(2)9-5-3-8-12-15(16)14-10-6-4-7-11-14/h4,6-7,10-11,13,15H,3,5,8-9,12,16H2,1-2H3. The molecule has 16 heavy (non-hydrogen) atoms. The van der Waals surface area contributed by atoms with Gasteiger partial charge in [0, 0.05) is 6.04 Å². The van der Waals surface area contributed by atoms with Gasteiger partial charge in [-0.3, -0.25) is 0 Å². The van der Waals surface area contributed by atoms with Gasteiger partial charge in [-0.05, 0) is 17.9 Å². The Morgan fingerprint density at radius 1 is 0.938 bits per heavy atom. The van der Waals surface area contributed by atoms with Crippen LogP contribution in [-0.2, 0) is 0 Å². The molecule has 90 valence electrons. The first-order valence-corrected chi connectivity index (χ1v) is 6.50. The molecule has 0 bridgehead atoms. The molecular formula is C15H25N. The Bertz CT molecular complexity index is 266. The van der Waals surface area contributed by atoms with Crippen LogP contribution in [0.5, 0.6) is 0 Å². The minimum absolute atomic E-state index is 0.222. The Hall–Kier alpha value is -0.820. The van der Waals surface area contributed by atoms with Crippen molar-refractivity contribution in [3.05, 3.63) is 35.9 Å². The number of unbranched alkanes of at least 4 members (excludes halogenated alkanes) is 2. The summed E-state index contributed by atoms with van der Waals surface area (Å²) in [6.45, 7) is 4.57. The van der Waals surface area contributed by atoms with Crippen molar-refractivity contribution >= 4 is 0 Å². The Kier molecular flexibility index (Phi) is 6.17. The van der Waals surface area contributed by atoms with Crippen molar-refractivity contribution in [3.8, 4) is 0 Å². The lowest BCUT2D eigenvalue weighted by Gasteiger charge is -2.11. The molecular weight excluding hydrogens is 194 g/mol. The summed E-state index contributed by atoms with van der Waals surface area (Å²) < 4.78 is 0. The third-order valence-electron chi connectivity index (χ3n) is 3.02. The average Bonchev–Trinajstić information content (AvgIpc) is 2.29. The molecule has 1 aromatic rings. The average molecular weight is 219 g/mol. The summed E-state index contributed by atoms with van der Waals surface area (Å²) in [7, 11) is 0. The Balaban J connectivity index is 2.14. The van der Waals surface area contributed by atoms with Crippen LogP contribution in [0.4, 0.5) is 0 Å². The van der Waals surface area contributed by atoms with Gasteiger partial charge in [0.05, 0.1) is 0 Å². The van der Waals surface area contributed by atoms with Gasteiger partial charge in [-0.2, -0.15) is 0 Å². The number of nitrogens with two attached hydrogens (primary N) is 1. The van der Waals surface area contributed by atoms with E-state index in [2.05, 4.69) is 38.1 Å². The second kappa shape index (κ2) is 7.45. The second-order valence-corrected chi connectivity index (χ2v) is 5.05. The summed E-state index contributed by atoms with van der Waals surface area (Å²) >= 11 is 0. The number of rotatable bonds is 7. The number of benzene rings is 1. The van der Waals surface area contributed by atoms with Crippen molar-refractivity contribution in [2.45, 2.75) is 52.0 Å². The van der Waals surface area contributed by atoms with Crippen LogP contribution in [0.1, 0.15) is 57.6 Å². The molecule has 0 aliphatic carbocycles. The van der Waals surface area contributed by atoms with Crippen molar-refractivity contribution in [2.24, 2.45) is 11.7 Å². The molecule has 0 saturated carbocycles. The van der Waals surface area contributed by atoms with Gasteiger partial charge in [0.1, 0.15) is 0 Å². The van der Waals surface area contributed by atoms with Gasteiger partial charge in [0.15, 0.2) is 0 Å². The van der Waals surface area contributed by atoms with E-state index in [-0.39, 0.29) is 6.04 Å². The molecule has 1 atom stereocenters. The van der Waals surface area contributed by atoms with E-state index in [4.69, 9.17) is 5.73 Å². The van der Waals surface area contributed by atoms with E-state index in [1.54, 1.807) is 0 Å². The third-order valence-corrected chi connectivity index (χ3v) is 3.02. The van der Waals surface area contributed by atoms with Crippen LogP contribution >= 0.6 is 0 Å². The first-order chi connectivity index (χ1) is 7.70. The van der Waals surface area contributed by atoms with E-state index >= 15 is 0 Å². The topological polar surface area (TPSA) is 26.0 Å². The number of hydrogen-bond acceptors (Lipinski definition) is 1. The predicted molar refractivity (Wildman–Crippen MR) is 71.3 cm³/mol. The maximum absolute atomic E-state index is 6.14. The molecule has 1 aromatic carbocycles. The zero-order valence-corrected chi connectivity index (χ0v) is 10.7. The lowest BCUT2D eigenvalue weighted by atomic mass is 9.99. The van der Waals surface area contributed by atoms with E-state index in [1.807, 2.05) is 6.07 Å². The van der Waals surface area contributed by atoms with Gasteiger partial charge < -0.3 is 5.73 Å². The normalized spacial score (nSPS) is 13.0. The second-order valence-electron chi connectivity index (χ2n) is 5.05. The quantitative estimate of drug-likeness (QED) is 0.680. The van der Waals surface area contributed by atoms with Gasteiger partial charge in [-0.15, -0.1) is 0 Å². The van der Waals surface area contributed by atoms with E-state index < -0.39 is 0 Å². The van der Waals surface area contributed by atoms with Crippen molar-refractivity contribution in [2.75, 3.05) is 0 Å². The van der Waals surface area contributed by atoms with Crippen molar-refractivity contribution in [3.63, 3.8) is 0 Å². The molecule has 1 rings (SSSR count). The van der Waals surface area contributed by atoms with Crippen LogP contribution in [0.15, 0.2) is 30.3 Å². The summed E-state index contributed by atoms with van der Waals surface area (Å²) in [6, 6.07) is 10.6. The van der Waals surface area contributed by atoms with Crippen LogP contribution < -0.4 is 5.73 Å². The lowest BCUT2D eigenvalue weighted by molar-refractivity contribution is 0.503. The molecule has 0 amide bonds. The van der Waals surface area contributed by atoms with Crippen LogP contribution in [0.2, 0.25) is 0 Å². The fourth-order valence-corrected chi connectivity index (χ4v) is 1.96. The van der Waals surface area contributed by atoms with Crippen LogP contribution in [0.3, 0.4) is 0 Å². The highest BCUT2D eigenvalue weighted by molar-refractivity contribution is 5.18. The minimum Gasteiger partial charge on any atom is -0.324 e. The summed E-state index contributed by atoms with van der Waals surface area (Å²) in [6.07, 6.45) is 6.38.